The molecule has 0 radical (unpaired) electrons. The highest BCUT2D eigenvalue weighted by Crippen LogP contribution is 2.32. The van der Waals surface area contributed by atoms with Gasteiger partial charge in [0.2, 0.25) is 0 Å². The van der Waals surface area contributed by atoms with Crippen molar-refractivity contribution in [3.8, 4) is 11.8 Å². The number of hydrogen-bond acceptors (Lipinski definition) is 3. The highest BCUT2D eigenvalue weighted by atomic mass is 16.2. The van der Waals surface area contributed by atoms with Crippen molar-refractivity contribution in [3.63, 3.8) is 0 Å². The minimum atomic E-state index is -0.0991. The standard InChI is InChI=1S/C21H21N5O/c1-21(2)10-19-15(12-23-26(19)17-6-4-3-5-7-17)13-25(14-21)20(27)18-9-8-16(11-22)24-18/h3-9,12,24H,10,13-14H2,1-2H3. The summed E-state index contributed by atoms with van der Waals surface area (Å²) in [5.41, 5.74) is 3.97. The average Bonchev–Trinajstić information content (AvgIpc) is 3.25. The quantitative estimate of drug-likeness (QED) is 0.762. The summed E-state index contributed by atoms with van der Waals surface area (Å²) in [6, 6.07) is 15.4. The van der Waals surface area contributed by atoms with Gasteiger partial charge < -0.3 is 9.88 Å². The molecule has 6 heteroatoms. The minimum Gasteiger partial charge on any atom is -0.342 e. The SMILES string of the molecule is CC1(C)Cc2c(cnn2-c2ccccc2)CN(C(=O)c2ccc(C#N)[nH]2)C1. The Bertz CT molecular complexity index is 1020. The molecule has 1 aliphatic heterocycles. The van der Waals surface area contributed by atoms with Crippen LogP contribution in [0.15, 0.2) is 48.7 Å². The van der Waals surface area contributed by atoms with E-state index in [0.717, 1.165) is 23.4 Å². The van der Waals surface area contributed by atoms with Crippen molar-refractivity contribution in [3.05, 3.63) is 71.3 Å². The van der Waals surface area contributed by atoms with Crippen LogP contribution in [-0.4, -0.2) is 32.1 Å². The van der Waals surface area contributed by atoms with Gasteiger partial charge in [-0.15, -0.1) is 0 Å². The lowest BCUT2D eigenvalue weighted by Gasteiger charge is -2.29. The van der Waals surface area contributed by atoms with E-state index in [9.17, 15) is 4.79 Å². The molecular weight excluding hydrogens is 338 g/mol. The second kappa shape index (κ2) is 6.44. The van der Waals surface area contributed by atoms with Crippen LogP contribution in [0.3, 0.4) is 0 Å². The smallest absolute Gasteiger partial charge is 0.270 e. The van der Waals surface area contributed by atoms with Gasteiger partial charge in [-0.3, -0.25) is 4.79 Å². The fraction of sp³-hybridized carbons (Fsp3) is 0.286. The Balaban J connectivity index is 1.70. The first kappa shape index (κ1) is 17.1. The molecule has 0 saturated heterocycles. The lowest BCUT2D eigenvalue weighted by atomic mass is 9.87. The Hall–Kier alpha value is -3.33. The van der Waals surface area contributed by atoms with Crippen molar-refractivity contribution < 1.29 is 4.79 Å². The van der Waals surface area contributed by atoms with Crippen LogP contribution in [0.2, 0.25) is 0 Å². The van der Waals surface area contributed by atoms with E-state index >= 15 is 0 Å². The number of carbonyl (C=O) groups is 1. The molecule has 0 fully saturated rings. The van der Waals surface area contributed by atoms with Crippen molar-refractivity contribution >= 4 is 5.91 Å². The Morgan fingerprint density at radius 1 is 1.22 bits per heavy atom. The maximum atomic E-state index is 13.0. The number of aromatic amines is 1. The van der Waals surface area contributed by atoms with E-state index in [4.69, 9.17) is 5.26 Å². The number of para-hydroxylation sites is 1. The zero-order valence-electron chi connectivity index (χ0n) is 15.4. The number of nitriles is 1. The van der Waals surface area contributed by atoms with Crippen LogP contribution in [0.5, 0.6) is 0 Å². The zero-order valence-corrected chi connectivity index (χ0v) is 15.4. The second-order valence-electron chi connectivity index (χ2n) is 7.76. The monoisotopic (exact) mass is 359 g/mol. The van der Waals surface area contributed by atoms with Gasteiger partial charge in [0.15, 0.2) is 0 Å². The summed E-state index contributed by atoms with van der Waals surface area (Å²) in [5, 5.41) is 13.6. The van der Waals surface area contributed by atoms with E-state index < -0.39 is 0 Å². The van der Waals surface area contributed by atoms with Gasteiger partial charge in [0.05, 0.1) is 11.9 Å². The highest BCUT2D eigenvalue weighted by molar-refractivity contribution is 5.92. The minimum absolute atomic E-state index is 0.0927. The average molecular weight is 359 g/mol. The molecular formula is C21H21N5O. The largest absolute Gasteiger partial charge is 0.342 e. The number of benzene rings is 1. The summed E-state index contributed by atoms with van der Waals surface area (Å²) in [7, 11) is 0. The first-order chi connectivity index (χ1) is 13.0. The van der Waals surface area contributed by atoms with Gasteiger partial charge in [-0.1, -0.05) is 32.0 Å². The summed E-state index contributed by atoms with van der Waals surface area (Å²) in [4.78, 5) is 17.7. The molecule has 2 aromatic heterocycles. The topological polar surface area (TPSA) is 77.7 Å². The molecule has 136 valence electrons. The number of nitrogens with one attached hydrogen (secondary N) is 1. The summed E-state index contributed by atoms with van der Waals surface area (Å²) in [6.07, 6.45) is 2.69. The van der Waals surface area contributed by atoms with Crippen LogP contribution in [0.4, 0.5) is 0 Å². The maximum absolute atomic E-state index is 13.0. The zero-order chi connectivity index (χ0) is 19.0. The summed E-state index contributed by atoms with van der Waals surface area (Å²) in [6.45, 7) is 5.47. The molecule has 0 saturated carbocycles. The molecule has 0 bridgehead atoms. The van der Waals surface area contributed by atoms with E-state index in [1.54, 1.807) is 12.1 Å². The van der Waals surface area contributed by atoms with Gasteiger partial charge in [-0.2, -0.15) is 10.4 Å². The lowest BCUT2D eigenvalue weighted by Crippen LogP contribution is -2.37. The van der Waals surface area contributed by atoms with Gasteiger partial charge in [-0.05, 0) is 36.1 Å². The lowest BCUT2D eigenvalue weighted by molar-refractivity contribution is 0.0675. The number of H-pyrrole nitrogens is 1. The van der Waals surface area contributed by atoms with Crippen LogP contribution >= 0.6 is 0 Å². The molecule has 0 atom stereocenters. The maximum Gasteiger partial charge on any atom is 0.270 e. The molecule has 0 aliphatic carbocycles. The molecule has 1 aromatic carbocycles. The third-order valence-electron chi connectivity index (χ3n) is 4.91. The summed E-state index contributed by atoms with van der Waals surface area (Å²) < 4.78 is 1.98. The summed E-state index contributed by atoms with van der Waals surface area (Å²) >= 11 is 0. The van der Waals surface area contributed by atoms with Crippen molar-refractivity contribution in [1.29, 1.82) is 5.26 Å². The van der Waals surface area contributed by atoms with Crippen molar-refractivity contribution in [2.75, 3.05) is 6.54 Å². The fourth-order valence-corrected chi connectivity index (χ4v) is 3.71. The van der Waals surface area contributed by atoms with Gasteiger partial charge in [0, 0.05) is 24.3 Å². The van der Waals surface area contributed by atoms with Crippen LogP contribution in [0.25, 0.3) is 5.69 Å². The number of carbonyl (C=O) groups excluding carboxylic acids is 1. The highest BCUT2D eigenvalue weighted by Gasteiger charge is 2.33. The molecule has 27 heavy (non-hydrogen) atoms. The molecule has 1 amide bonds. The Kier molecular flexibility index (Phi) is 4.08. The number of hydrogen-bond donors (Lipinski definition) is 1. The Morgan fingerprint density at radius 2 is 2.00 bits per heavy atom. The Morgan fingerprint density at radius 3 is 2.70 bits per heavy atom. The number of nitrogens with zero attached hydrogens (tertiary/aromatic N) is 4. The van der Waals surface area contributed by atoms with Crippen LogP contribution in [0, 0.1) is 16.7 Å². The summed E-state index contributed by atoms with van der Waals surface area (Å²) in [5.74, 6) is -0.0927. The molecule has 4 rings (SSSR count). The predicted octanol–water partition coefficient (Wildman–Crippen LogP) is 3.30. The second-order valence-corrected chi connectivity index (χ2v) is 7.76. The molecule has 3 heterocycles. The van der Waals surface area contributed by atoms with Gasteiger partial charge in [-0.25, -0.2) is 4.68 Å². The van der Waals surface area contributed by atoms with Gasteiger partial charge >= 0.3 is 0 Å². The molecule has 3 aromatic rings. The van der Waals surface area contributed by atoms with Gasteiger partial charge in [0.25, 0.3) is 5.91 Å². The first-order valence-electron chi connectivity index (χ1n) is 8.96. The normalized spacial score (nSPS) is 15.7. The molecule has 1 N–H and O–H groups in total. The van der Waals surface area contributed by atoms with E-state index in [-0.39, 0.29) is 11.3 Å². The molecule has 0 spiro atoms. The van der Waals surface area contributed by atoms with Crippen LogP contribution in [-0.2, 0) is 13.0 Å². The number of fused-ring (bicyclic) bond motifs is 1. The third-order valence-corrected chi connectivity index (χ3v) is 4.91. The van der Waals surface area contributed by atoms with Crippen LogP contribution < -0.4 is 0 Å². The van der Waals surface area contributed by atoms with Crippen molar-refractivity contribution in [2.24, 2.45) is 5.41 Å². The molecule has 1 aliphatic rings. The third kappa shape index (κ3) is 3.24. The number of amides is 1. The van der Waals surface area contributed by atoms with Crippen molar-refractivity contribution in [2.45, 2.75) is 26.8 Å². The van der Waals surface area contributed by atoms with Crippen LogP contribution in [0.1, 0.15) is 41.3 Å². The van der Waals surface area contributed by atoms with Gasteiger partial charge in [0.1, 0.15) is 17.5 Å². The van der Waals surface area contributed by atoms with E-state index in [1.165, 1.54) is 0 Å². The van der Waals surface area contributed by atoms with E-state index in [1.807, 2.05) is 52.2 Å². The molecule has 0 unspecified atom stereocenters. The Labute approximate surface area is 158 Å². The first-order valence-corrected chi connectivity index (χ1v) is 8.96. The van der Waals surface area contributed by atoms with Crippen molar-refractivity contribution in [1.82, 2.24) is 19.7 Å². The number of rotatable bonds is 2. The predicted molar refractivity (Wildman–Crippen MR) is 101 cm³/mol. The van der Waals surface area contributed by atoms with E-state index in [0.29, 0.717) is 24.5 Å². The number of aromatic nitrogens is 3. The fourth-order valence-electron chi connectivity index (χ4n) is 3.71. The molecule has 6 nitrogen and oxygen atoms in total. The van der Waals surface area contributed by atoms with E-state index in [2.05, 4.69) is 23.9 Å².